The Hall–Kier alpha value is -1.06. The fourth-order valence-electron chi connectivity index (χ4n) is 1.23. The highest BCUT2D eigenvalue weighted by molar-refractivity contribution is 5.70. The van der Waals surface area contributed by atoms with Crippen LogP contribution in [0.15, 0.2) is 0 Å². The summed E-state index contributed by atoms with van der Waals surface area (Å²) in [5, 5.41) is 8.35. The van der Waals surface area contributed by atoms with Gasteiger partial charge >= 0.3 is 5.97 Å². The molecule has 3 N–H and O–H groups in total. The summed E-state index contributed by atoms with van der Waals surface area (Å²) in [6, 6.07) is 0. The van der Waals surface area contributed by atoms with Crippen molar-refractivity contribution in [3.05, 3.63) is 0 Å². The number of nitrogens with two attached hydrogens (primary N) is 1. The van der Waals surface area contributed by atoms with E-state index in [9.17, 15) is 9.59 Å². The van der Waals surface area contributed by atoms with Gasteiger partial charge in [0.25, 0.3) is 0 Å². The van der Waals surface area contributed by atoms with Crippen LogP contribution in [0.2, 0.25) is 0 Å². The number of unbranched alkanes of at least 4 members (excludes halogenated alkanes) is 6. The first-order valence-electron chi connectivity index (χ1n) is 5.98. The highest BCUT2D eigenvalue weighted by Gasteiger charge is 1.95. The third kappa shape index (κ3) is 29.3. The summed E-state index contributed by atoms with van der Waals surface area (Å²) in [5.74, 6) is -0.997. The largest absolute Gasteiger partial charge is 0.481 e. The Kier molecular flexibility index (Phi) is 15.1. The fourth-order valence-corrected chi connectivity index (χ4v) is 1.23. The number of carbonyl (C=O) groups excluding carboxylic acids is 1. The molecule has 1 amide bonds. The minimum atomic E-state index is -0.663. The van der Waals surface area contributed by atoms with Crippen LogP contribution in [0, 0.1) is 0 Å². The van der Waals surface area contributed by atoms with Gasteiger partial charge in [-0.2, -0.15) is 0 Å². The predicted molar refractivity (Wildman–Crippen MR) is 65.1 cm³/mol. The minimum Gasteiger partial charge on any atom is -0.481 e. The van der Waals surface area contributed by atoms with Crippen LogP contribution in [0.4, 0.5) is 0 Å². The first kappa shape index (κ1) is 17.3. The number of carboxylic acids is 1. The summed E-state index contributed by atoms with van der Waals surface area (Å²) in [6.45, 7) is 3.50. The molecule has 96 valence electrons. The highest BCUT2D eigenvalue weighted by atomic mass is 16.4. The number of aliphatic carboxylic acids is 1. The van der Waals surface area contributed by atoms with Crippen molar-refractivity contribution in [2.75, 3.05) is 0 Å². The second kappa shape index (κ2) is 13.9. The van der Waals surface area contributed by atoms with Crippen LogP contribution in [0.1, 0.15) is 65.2 Å². The standard InChI is InChI=1S/C10H20O2.C2H5NO/c1-2-3-4-5-6-7-8-9-10(11)12;1-2(3)4/h2-9H2,1H3,(H,11,12);1H3,(H2,3,4). The molecule has 0 saturated carbocycles. The minimum absolute atomic E-state index is 0.333. The number of hydrogen-bond donors (Lipinski definition) is 2. The van der Waals surface area contributed by atoms with Crippen LogP contribution in [-0.4, -0.2) is 17.0 Å². The maximum atomic E-state index is 10.1. The van der Waals surface area contributed by atoms with Crippen LogP contribution in [0.3, 0.4) is 0 Å². The van der Waals surface area contributed by atoms with Crippen LogP contribution < -0.4 is 5.73 Å². The lowest BCUT2D eigenvalue weighted by molar-refractivity contribution is -0.137. The van der Waals surface area contributed by atoms with E-state index in [1.807, 2.05) is 0 Å². The molecule has 0 heterocycles. The molecule has 0 rings (SSSR count). The van der Waals surface area contributed by atoms with Gasteiger partial charge in [0, 0.05) is 13.3 Å². The van der Waals surface area contributed by atoms with E-state index in [-0.39, 0.29) is 5.91 Å². The fraction of sp³-hybridized carbons (Fsp3) is 0.833. The lowest BCUT2D eigenvalue weighted by Crippen LogP contribution is -2.01. The molecule has 0 saturated heterocycles. The Bertz CT molecular complexity index is 177. The Balaban J connectivity index is 0. The topological polar surface area (TPSA) is 80.4 Å². The summed E-state index contributed by atoms with van der Waals surface area (Å²) >= 11 is 0. The lowest BCUT2D eigenvalue weighted by Gasteiger charge is -1.98. The molecular weight excluding hydrogens is 206 g/mol. The van der Waals surface area contributed by atoms with Gasteiger partial charge in [0.2, 0.25) is 5.91 Å². The highest BCUT2D eigenvalue weighted by Crippen LogP contribution is 2.07. The Labute approximate surface area is 98.2 Å². The SMILES string of the molecule is CC(N)=O.CCCCCCCCCC(=O)O. The normalized spacial score (nSPS) is 9.12. The summed E-state index contributed by atoms with van der Waals surface area (Å²) in [7, 11) is 0. The van der Waals surface area contributed by atoms with E-state index >= 15 is 0 Å². The third-order valence-electron chi connectivity index (χ3n) is 1.99. The van der Waals surface area contributed by atoms with Crippen molar-refractivity contribution in [2.45, 2.75) is 65.2 Å². The molecule has 0 atom stereocenters. The number of primary amides is 1. The maximum absolute atomic E-state index is 10.1. The van der Waals surface area contributed by atoms with Crippen molar-refractivity contribution in [2.24, 2.45) is 5.73 Å². The van der Waals surface area contributed by atoms with Crippen molar-refractivity contribution in [3.8, 4) is 0 Å². The van der Waals surface area contributed by atoms with E-state index < -0.39 is 5.97 Å². The van der Waals surface area contributed by atoms with Gasteiger partial charge in [-0.1, -0.05) is 45.4 Å². The first-order valence-corrected chi connectivity index (χ1v) is 5.98. The zero-order chi connectivity index (χ0) is 12.8. The Morgan fingerprint density at radius 1 is 1.00 bits per heavy atom. The van der Waals surface area contributed by atoms with E-state index in [2.05, 4.69) is 12.7 Å². The molecule has 0 aromatic carbocycles. The average molecular weight is 231 g/mol. The maximum Gasteiger partial charge on any atom is 0.303 e. The number of hydrogen-bond acceptors (Lipinski definition) is 2. The molecule has 4 heteroatoms. The number of rotatable bonds is 8. The molecule has 0 bridgehead atoms. The molecule has 0 spiro atoms. The van der Waals surface area contributed by atoms with Gasteiger partial charge in [0.1, 0.15) is 0 Å². The summed E-state index contributed by atoms with van der Waals surface area (Å²) in [4.78, 5) is 19.4. The van der Waals surface area contributed by atoms with Gasteiger partial charge in [-0.05, 0) is 6.42 Å². The zero-order valence-electron chi connectivity index (χ0n) is 10.5. The molecule has 4 nitrogen and oxygen atoms in total. The number of carbonyl (C=O) groups is 2. The third-order valence-corrected chi connectivity index (χ3v) is 1.99. The molecule has 0 aliphatic heterocycles. The summed E-state index contributed by atoms with van der Waals surface area (Å²) in [5.41, 5.74) is 4.47. The molecule has 0 aromatic heterocycles. The smallest absolute Gasteiger partial charge is 0.303 e. The van der Waals surface area contributed by atoms with E-state index in [0.717, 1.165) is 12.8 Å². The van der Waals surface area contributed by atoms with Crippen LogP contribution >= 0.6 is 0 Å². The molecule has 16 heavy (non-hydrogen) atoms. The van der Waals surface area contributed by atoms with Gasteiger partial charge < -0.3 is 10.8 Å². The molecule has 0 fully saturated rings. The van der Waals surface area contributed by atoms with Crippen LogP contribution in [0.25, 0.3) is 0 Å². The lowest BCUT2D eigenvalue weighted by atomic mass is 10.1. The summed E-state index contributed by atoms with van der Waals surface area (Å²) in [6.07, 6.45) is 8.64. The van der Waals surface area contributed by atoms with E-state index in [4.69, 9.17) is 5.11 Å². The monoisotopic (exact) mass is 231 g/mol. The molecular formula is C12H25NO3. The molecule has 0 aliphatic rings. The van der Waals surface area contributed by atoms with Gasteiger partial charge in [-0.3, -0.25) is 9.59 Å². The van der Waals surface area contributed by atoms with Gasteiger partial charge in [-0.15, -0.1) is 0 Å². The predicted octanol–water partition coefficient (Wildman–Crippen LogP) is 2.70. The van der Waals surface area contributed by atoms with Gasteiger partial charge in [0.05, 0.1) is 0 Å². The summed E-state index contributed by atoms with van der Waals surface area (Å²) < 4.78 is 0. The molecule has 0 radical (unpaired) electrons. The van der Waals surface area contributed by atoms with Crippen molar-refractivity contribution in [1.82, 2.24) is 0 Å². The first-order chi connectivity index (χ1) is 7.50. The zero-order valence-corrected chi connectivity index (χ0v) is 10.5. The molecule has 0 aliphatic carbocycles. The van der Waals surface area contributed by atoms with Crippen molar-refractivity contribution >= 4 is 11.9 Å². The van der Waals surface area contributed by atoms with Crippen LogP contribution in [0.5, 0.6) is 0 Å². The Morgan fingerprint density at radius 3 is 1.75 bits per heavy atom. The van der Waals surface area contributed by atoms with Crippen molar-refractivity contribution in [1.29, 1.82) is 0 Å². The van der Waals surface area contributed by atoms with Crippen molar-refractivity contribution in [3.63, 3.8) is 0 Å². The average Bonchev–Trinajstić information content (AvgIpc) is 2.15. The number of carboxylic acid groups (broad SMARTS) is 1. The van der Waals surface area contributed by atoms with E-state index in [1.54, 1.807) is 0 Å². The molecule has 0 unspecified atom stereocenters. The van der Waals surface area contributed by atoms with Crippen molar-refractivity contribution < 1.29 is 14.7 Å². The van der Waals surface area contributed by atoms with E-state index in [1.165, 1.54) is 39.0 Å². The van der Waals surface area contributed by atoms with Gasteiger partial charge in [0.15, 0.2) is 0 Å². The number of amides is 1. The second-order valence-electron chi connectivity index (χ2n) is 3.88. The quantitative estimate of drug-likeness (QED) is 0.630. The second-order valence-corrected chi connectivity index (χ2v) is 3.88. The van der Waals surface area contributed by atoms with Gasteiger partial charge in [-0.25, -0.2) is 0 Å². The molecule has 0 aromatic rings. The van der Waals surface area contributed by atoms with E-state index in [0.29, 0.717) is 6.42 Å². The van der Waals surface area contributed by atoms with Crippen LogP contribution in [-0.2, 0) is 9.59 Å². The Morgan fingerprint density at radius 2 is 1.38 bits per heavy atom.